The van der Waals surface area contributed by atoms with Crippen LogP contribution in [0.5, 0.6) is 0 Å². The molecule has 0 bridgehead atoms. The third kappa shape index (κ3) is 4.22. The van der Waals surface area contributed by atoms with E-state index in [-0.39, 0.29) is 36.3 Å². The lowest BCUT2D eigenvalue weighted by Gasteiger charge is -2.17. The summed E-state index contributed by atoms with van der Waals surface area (Å²) in [5.74, 6) is 0. The maximum absolute atomic E-state index is 9.73. The third-order valence-electron chi connectivity index (χ3n) is 10.1. The molecule has 0 aliphatic rings. The van der Waals surface area contributed by atoms with E-state index in [9.17, 15) is 4.11 Å². The minimum absolute atomic E-state index is 0.0126. The molecule has 11 rings (SSSR count). The minimum Gasteiger partial charge on any atom is -0.309 e. The Morgan fingerprint density at radius 1 is 0.412 bits per heavy atom. The zero-order valence-corrected chi connectivity index (χ0v) is 28.0. The molecule has 0 saturated heterocycles. The maximum atomic E-state index is 9.73. The molecule has 3 heterocycles. The van der Waals surface area contributed by atoms with Crippen LogP contribution in [0.15, 0.2) is 182 Å². The first-order valence-electron chi connectivity index (χ1n) is 20.0. The Bertz CT molecular complexity index is 3440. The highest BCUT2D eigenvalue weighted by Gasteiger charge is 2.22. The SMILES string of the molecule is [2H]c1c([2H])c([2H])c2c(sc3c([2H])c([2H])c(-c4cccc(-c5ccccc5)c4)c(-n4c5ccccc5c5cc(-n6c7ccccc7c7ccccc76)ccc54)c32)c1[2H]. The number of benzene rings is 8. The monoisotopic (exact) mass is 672 g/mol. The minimum atomic E-state index is -0.328. The number of rotatable bonds is 4. The normalized spacial score (nSPS) is 13.6. The quantitative estimate of drug-likeness (QED) is 0.176. The Kier molecular flexibility index (Phi) is 5.00. The van der Waals surface area contributed by atoms with Crippen LogP contribution in [-0.2, 0) is 0 Å². The molecule has 238 valence electrons. The van der Waals surface area contributed by atoms with Crippen molar-refractivity contribution in [2.45, 2.75) is 0 Å². The average Bonchev–Trinajstić information content (AvgIpc) is 3.92. The molecule has 3 aromatic heterocycles. The first kappa shape index (κ1) is 23.1. The molecule has 0 N–H and O–H groups in total. The summed E-state index contributed by atoms with van der Waals surface area (Å²) in [6, 6.07) is 48.7. The zero-order chi connectivity index (χ0) is 38.7. The molecule has 0 radical (unpaired) electrons. The predicted molar refractivity (Wildman–Crippen MR) is 219 cm³/mol. The number of nitrogens with zero attached hydrogens (tertiary/aromatic N) is 2. The lowest BCUT2D eigenvalue weighted by Crippen LogP contribution is -1.99. The van der Waals surface area contributed by atoms with Gasteiger partial charge in [0.2, 0.25) is 0 Å². The van der Waals surface area contributed by atoms with E-state index in [2.05, 4.69) is 94.1 Å². The molecule has 0 aliphatic heterocycles. The van der Waals surface area contributed by atoms with Crippen LogP contribution >= 0.6 is 11.3 Å². The number of para-hydroxylation sites is 3. The Morgan fingerprint density at radius 3 is 1.78 bits per heavy atom. The van der Waals surface area contributed by atoms with Crippen molar-refractivity contribution in [3.05, 3.63) is 182 Å². The number of thiophene rings is 1. The van der Waals surface area contributed by atoms with E-state index in [0.29, 0.717) is 31.4 Å². The summed E-state index contributed by atoms with van der Waals surface area (Å²) < 4.78 is 59.9. The van der Waals surface area contributed by atoms with Crippen molar-refractivity contribution in [1.82, 2.24) is 9.13 Å². The molecular weight excluding hydrogens is 637 g/mol. The third-order valence-corrected chi connectivity index (χ3v) is 11.1. The van der Waals surface area contributed by atoms with Gasteiger partial charge in [-0.15, -0.1) is 11.3 Å². The Morgan fingerprint density at radius 2 is 1.02 bits per heavy atom. The molecule has 0 aliphatic carbocycles. The van der Waals surface area contributed by atoms with Crippen LogP contribution in [0.2, 0.25) is 0 Å². The van der Waals surface area contributed by atoms with E-state index in [1.165, 1.54) is 10.8 Å². The van der Waals surface area contributed by atoms with Crippen LogP contribution in [-0.4, -0.2) is 9.13 Å². The summed E-state index contributed by atoms with van der Waals surface area (Å²) in [6.07, 6.45) is 0. The van der Waals surface area contributed by atoms with Gasteiger partial charge in [-0.2, -0.15) is 0 Å². The van der Waals surface area contributed by atoms with Crippen LogP contribution in [0, 0.1) is 0 Å². The molecule has 11 aromatic rings. The average molecular weight is 673 g/mol. The van der Waals surface area contributed by atoms with Gasteiger partial charge in [0.1, 0.15) is 0 Å². The summed E-state index contributed by atoms with van der Waals surface area (Å²) in [5, 5.41) is 5.23. The van der Waals surface area contributed by atoms with Gasteiger partial charge in [-0.1, -0.05) is 127 Å². The van der Waals surface area contributed by atoms with Crippen LogP contribution in [0.4, 0.5) is 0 Å². The van der Waals surface area contributed by atoms with E-state index in [1.807, 2.05) is 60.7 Å². The van der Waals surface area contributed by atoms with E-state index in [1.54, 1.807) is 0 Å². The van der Waals surface area contributed by atoms with E-state index < -0.39 is 0 Å². The van der Waals surface area contributed by atoms with Gasteiger partial charge >= 0.3 is 0 Å². The van der Waals surface area contributed by atoms with Gasteiger partial charge in [-0.3, -0.25) is 0 Å². The van der Waals surface area contributed by atoms with E-state index >= 15 is 0 Å². The molecule has 0 unspecified atom stereocenters. The van der Waals surface area contributed by atoms with Crippen molar-refractivity contribution < 1.29 is 8.22 Å². The molecule has 2 nitrogen and oxygen atoms in total. The highest BCUT2D eigenvalue weighted by atomic mass is 32.1. The van der Waals surface area contributed by atoms with Crippen LogP contribution < -0.4 is 0 Å². The van der Waals surface area contributed by atoms with E-state index in [0.717, 1.165) is 66.6 Å². The highest BCUT2D eigenvalue weighted by molar-refractivity contribution is 7.25. The standard InChI is InChI=1S/C48H30N2S/c1-2-13-31(14-3-1)32-15-12-16-33(29-32)35-26-28-46-47(39-20-7-11-24-45(39)51-46)48(35)50-43-23-10-6-19-38(43)40-30-34(25-27-44(40)50)49-41-21-8-4-17-36(41)37-18-5-9-22-42(37)49/h1-30H/i7D,11D,20D,24D,26D,28D. The fourth-order valence-electron chi connectivity index (χ4n) is 7.90. The van der Waals surface area contributed by atoms with Gasteiger partial charge in [-0.05, 0) is 71.2 Å². The first-order valence-corrected chi connectivity index (χ1v) is 17.8. The first-order chi connectivity index (χ1) is 27.8. The molecule has 3 heteroatoms. The molecule has 0 atom stereocenters. The Hall–Kier alpha value is -6.42. The second kappa shape index (κ2) is 11.0. The van der Waals surface area contributed by atoms with Crippen LogP contribution in [0.25, 0.3) is 97.4 Å². The van der Waals surface area contributed by atoms with Gasteiger partial charge in [0.15, 0.2) is 0 Å². The molecule has 0 fully saturated rings. The van der Waals surface area contributed by atoms with Crippen molar-refractivity contribution >= 4 is 75.1 Å². The number of aromatic nitrogens is 2. The summed E-state index contributed by atoms with van der Waals surface area (Å²) >= 11 is 1.16. The van der Waals surface area contributed by atoms with Crippen molar-refractivity contribution in [3.8, 4) is 33.6 Å². The van der Waals surface area contributed by atoms with Gasteiger partial charge in [-0.25, -0.2) is 0 Å². The zero-order valence-electron chi connectivity index (χ0n) is 33.2. The highest BCUT2D eigenvalue weighted by Crippen LogP contribution is 2.46. The van der Waals surface area contributed by atoms with E-state index in [4.69, 9.17) is 4.11 Å². The van der Waals surface area contributed by atoms with Gasteiger partial charge in [0.05, 0.1) is 36.0 Å². The Balaban J connectivity index is 1.31. The fourth-order valence-corrected chi connectivity index (χ4v) is 8.86. The second-order valence-corrected chi connectivity index (χ2v) is 13.9. The smallest absolute Gasteiger partial charge is 0.0638 e. The molecule has 51 heavy (non-hydrogen) atoms. The van der Waals surface area contributed by atoms with Crippen LogP contribution in [0.3, 0.4) is 0 Å². The van der Waals surface area contributed by atoms with Gasteiger partial charge in [0.25, 0.3) is 0 Å². The fraction of sp³-hybridized carbons (Fsp3) is 0. The summed E-state index contributed by atoms with van der Waals surface area (Å²) in [7, 11) is 0. The van der Waals surface area contributed by atoms with Crippen molar-refractivity contribution in [3.63, 3.8) is 0 Å². The largest absolute Gasteiger partial charge is 0.309 e. The van der Waals surface area contributed by atoms with Gasteiger partial charge in [0, 0.05) is 53.0 Å². The molecular formula is C48H30N2S. The molecule has 0 amide bonds. The van der Waals surface area contributed by atoms with Crippen molar-refractivity contribution in [1.29, 1.82) is 0 Å². The molecule has 8 aromatic carbocycles. The Labute approximate surface area is 307 Å². The van der Waals surface area contributed by atoms with Crippen molar-refractivity contribution in [2.75, 3.05) is 0 Å². The predicted octanol–water partition coefficient (Wildman–Crippen LogP) is 13.6. The second-order valence-electron chi connectivity index (χ2n) is 12.9. The lowest BCUT2D eigenvalue weighted by molar-refractivity contribution is 1.17. The number of hydrogen-bond donors (Lipinski definition) is 0. The van der Waals surface area contributed by atoms with Gasteiger partial charge < -0.3 is 9.13 Å². The number of fused-ring (bicyclic) bond motifs is 9. The summed E-state index contributed by atoms with van der Waals surface area (Å²) in [4.78, 5) is 0. The summed E-state index contributed by atoms with van der Waals surface area (Å²) in [5.41, 5.74) is 8.81. The maximum Gasteiger partial charge on any atom is 0.0638 e. The topological polar surface area (TPSA) is 9.86 Å². The van der Waals surface area contributed by atoms with Crippen molar-refractivity contribution in [2.24, 2.45) is 0 Å². The summed E-state index contributed by atoms with van der Waals surface area (Å²) in [6.45, 7) is 0. The lowest BCUT2D eigenvalue weighted by atomic mass is 9.96. The molecule has 0 spiro atoms. The molecule has 0 saturated carbocycles. The van der Waals surface area contributed by atoms with Crippen LogP contribution in [0.1, 0.15) is 8.22 Å². The number of hydrogen-bond acceptors (Lipinski definition) is 1.